The summed E-state index contributed by atoms with van der Waals surface area (Å²) >= 11 is 0. The van der Waals surface area contributed by atoms with Crippen molar-refractivity contribution in [2.45, 2.75) is 33.7 Å². The van der Waals surface area contributed by atoms with E-state index in [9.17, 15) is 4.79 Å². The zero-order valence-electron chi connectivity index (χ0n) is 12.2. The number of hydrogen-bond acceptors (Lipinski definition) is 5. The molecule has 0 aromatic carbocycles. The van der Waals surface area contributed by atoms with Crippen LogP contribution < -0.4 is 10.1 Å². The first kappa shape index (κ1) is 15.2. The molecule has 6 heteroatoms. The largest absolute Gasteiger partial charge is 0.478 e. The highest BCUT2D eigenvalue weighted by molar-refractivity contribution is 5.83. The van der Waals surface area contributed by atoms with E-state index < -0.39 is 0 Å². The van der Waals surface area contributed by atoms with Crippen molar-refractivity contribution in [3.05, 3.63) is 11.8 Å². The van der Waals surface area contributed by atoms with Crippen molar-refractivity contribution in [2.24, 2.45) is 0 Å². The molecule has 0 saturated carbocycles. The van der Waals surface area contributed by atoms with Gasteiger partial charge in [0, 0.05) is 25.4 Å². The fourth-order valence-electron chi connectivity index (χ4n) is 1.57. The fraction of sp³-hybridized carbons (Fsp3) is 0.615. The Morgan fingerprint density at radius 1 is 1.47 bits per heavy atom. The van der Waals surface area contributed by atoms with Crippen molar-refractivity contribution in [2.75, 3.05) is 25.5 Å². The summed E-state index contributed by atoms with van der Waals surface area (Å²) in [6.07, 6.45) is 0. The fourth-order valence-corrected chi connectivity index (χ4v) is 1.57. The van der Waals surface area contributed by atoms with E-state index in [4.69, 9.17) is 4.74 Å². The smallest absolute Gasteiger partial charge is 0.244 e. The van der Waals surface area contributed by atoms with Gasteiger partial charge in [-0.15, -0.1) is 0 Å². The van der Waals surface area contributed by atoms with Crippen molar-refractivity contribution in [1.82, 2.24) is 14.9 Å². The van der Waals surface area contributed by atoms with E-state index in [-0.39, 0.29) is 11.9 Å². The Balaban J connectivity index is 2.78. The molecular weight excluding hydrogens is 244 g/mol. The number of anilines is 1. The summed E-state index contributed by atoms with van der Waals surface area (Å²) in [6, 6.07) is 1.39. The third-order valence-corrected chi connectivity index (χ3v) is 2.69. The predicted molar refractivity (Wildman–Crippen MR) is 74.3 cm³/mol. The van der Waals surface area contributed by atoms with Crippen LogP contribution >= 0.6 is 0 Å². The Morgan fingerprint density at radius 3 is 2.74 bits per heavy atom. The molecule has 0 spiro atoms. The van der Waals surface area contributed by atoms with E-state index in [1.807, 2.05) is 20.8 Å². The van der Waals surface area contributed by atoms with Gasteiger partial charge in [0.15, 0.2) is 0 Å². The standard InChI is InChI=1S/C13H22N4O2/c1-6-17(5)12(18)10(4)15-13-14-9(3)8-11(16-13)19-7-2/h8,10H,6-7H2,1-5H3,(H,14,15,16). The molecule has 1 aromatic rings. The van der Waals surface area contributed by atoms with Crippen LogP contribution in [0.4, 0.5) is 5.95 Å². The first-order valence-corrected chi connectivity index (χ1v) is 6.47. The number of hydrogen-bond donors (Lipinski definition) is 1. The monoisotopic (exact) mass is 266 g/mol. The van der Waals surface area contributed by atoms with Gasteiger partial charge in [0.1, 0.15) is 6.04 Å². The van der Waals surface area contributed by atoms with Gasteiger partial charge in [0.2, 0.25) is 17.7 Å². The van der Waals surface area contributed by atoms with Gasteiger partial charge in [-0.2, -0.15) is 4.98 Å². The maximum Gasteiger partial charge on any atom is 0.244 e. The number of carbonyl (C=O) groups is 1. The number of amides is 1. The number of nitrogens with zero attached hydrogens (tertiary/aromatic N) is 3. The van der Waals surface area contributed by atoms with Gasteiger partial charge in [0.05, 0.1) is 6.61 Å². The summed E-state index contributed by atoms with van der Waals surface area (Å²) < 4.78 is 5.35. The van der Waals surface area contributed by atoms with E-state index in [0.29, 0.717) is 25.0 Å². The van der Waals surface area contributed by atoms with Crippen LogP contribution in [0.25, 0.3) is 0 Å². The quantitative estimate of drug-likeness (QED) is 0.844. The second kappa shape index (κ2) is 6.92. The molecule has 1 rings (SSSR count). The number of ether oxygens (including phenoxy) is 1. The highest BCUT2D eigenvalue weighted by atomic mass is 16.5. The zero-order chi connectivity index (χ0) is 14.4. The van der Waals surface area contributed by atoms with Gasteiger partial charge in [-0.05, 0) is 27.7 Å². The molecule has 0 fully saturated rings. The molecule has 1 unspecified atom stereocenters. The number of carbonyl (C=O) groups excluding carboxylic acids is 1. The van der Waals surface area contributed by atoms with Crippen LogP contribution in [0.15, 0.2) is 6.07 Å². The molecule has 6 nitrogen and oxygen atoms in total. The summed E-state index contributed by atoms with van der Waals surface area (Å²) in [5, 5.41) is 3.00. The van der Waals surface area contributed by atoms with Crippen molar-refractivity contribution in [3.63, 3.8) is 0 Å². The minimum absolute atomic E-state index is 0.00515. The maximum atomic E-state index is 12.0. The second-order valence-corrected chi connectivity index (χ2v) is 4.32. The highest BCUT2D eigenvalue weighted by Gasteiger charge is 2.17. The Morgan fingerprint density at radius 2 is 2.16 bits per heavy atom. The molecule has 0 aliphatic heterocycles. The van der Waals surface area contributed by atoms with Crippen LogP contribution in [-0.2, 0) is 4.79 Å². The summed E-state index contributed by atoms with van der Waals surface area (Å²) in [7, 11) is 1.77. The summed E-state index contributed by atoms with van der Waals surface area (Å²) in [6.45, 7) is 8.70. The van der Waals surface area contributed by atoms with Crippen molar-refractivity contribution < 1.29 is 9.53 Å². The number of aryl methyl sites for hydroxylation is 1. The average molecular weight is 266 g/mol. The van der Waals surface area contributed by atoms with Crippen LogP contribution in [-0.4, -0.2) is 47.0 Å². The number of rotatable bonds is 6. The first-order chi connectivity index (χ1) is 8.97. The Hall–Kier alpha value is -1.85. The van der Waals surface area contributed by atoms with Gasteiger partial charge in [-0.25, -0.2) is 4.98 Å². The van der Waals surface area contributed by atoms with Gasteiger partial charge < -0.3 is 15.0 Å². The Bertz CT molecular complexity index is 437. The lowest BCUT2D eigenvalue weighted by Gasteiger charge is -2.20. The van der Waals surface area contributed by atoms with Crippen LogP contribution in [0.5, 0.6) is 5.88 Å². The van der Waals surface area contributed by atoms with Gasteiger partial charge in [-0.3, -0.25) is 4.79 Å². The molecule has 19 heavy (non-hydrogen) atoms. The van der Waals surface area contributed by atoms with Crippen molar-refractivity contribution in [1.29, 1.82) is 0 Å². The third-order valence-electron chi connectivity index (χ3n) is 2.69. The predicted octanol–water partition coefficient (Wildman–Crippen LogP) is 1.46. The molecule has 1 heterocycles. The SMILES string of the molecule is CCOc1cc(C)nc(NC(C)C(=O)N(C)CC)n1. The lowest BCUT2D eigenvalue weighted by Crippen LogP contribution is -2.39. The normalized spacial score (nSPS) is 11.8. The van der Waals surface area contributed by atoms with Crippen molar-refractivity contribution >= 4 is 11.9 Å². The first-order valence-electron chi connectivity index (χ1n) is 6.47. The number of aromatic nitrogens is 2. The molecule has 0 saturated heterocycles. The van der Waals surface area contributed by atoms with Crippen LogP contribution in [0, 0.1) is 6.92 Å². The lowest BCUT2D eigenvalue weighted by molar-refractivity contribution is -0.130. The molecule has 1 N–H and O–H groups in total. The lowest BCUT2D eigenvalue weighted by atomic mass is 10.3. The summed E-state index contributed by atoms with van der Waals surface area (Å²) in [4.78, 5) is 22.1. The molecule has 1 aromatic heterocycles. The van der Waals surface area contributed by atoms with Crippen LogP contribution in [0.1, 0.15) is 26.5 Å². The zero-order valence-corrected chi connectivity index (χ0v) is 12.2. The molecule has 106 valence electrons. The van der Waals surface area contributed by atoms with E-state index >= 15 is 0 Å². The maximum absolute atomic E-state index is 12.0. The minimum Gasteiger partial charge on any atom is -0.478 e. The van der Waals surface area contributed by atoms with E-state index in [2.05, 4.69) is 15.3 Å². The minimum atomic E-state index is -0.374. The van der Waals surface area contributed by atoms with E-state index in [0.717, 1.165) is 5.69 Å². The van der Waals surface area contributed by atoms with Gasteiger partial charge >= 0.3 is 0 Å². The third kappa shape index (κ3) is 4.39. The molecule has 1 atom stereocenters. The second-order valence-electron chi connectivity index (χ2n) is 4.32. The highest BCUT2D eigenvalue weighted by Crippen LogP contribution is 2.13. The Labute approximate surface area is 114 Å². The molecule has 0 bridgehead atoms. The molecule has 1 amide bonds. The van der Waals surface area contributed by atoms with Crippen molar-refractivity contribution in [3.8, 4) is 5.88 Å². The van der Waals surface area contributed by atoms with Crippen LogP contribution in [0.2, 0.25) is 0 Å². The average Bonchev–Trinajstić information content (AvgIpc) is 2.36. The molecule has 0 radical (unpaired) electrons. The Kier molecular flexibility index (Phi) is 5.54. The summed E-state index contributed by atoms with van der Waals surface area (Å²) in [5.41, 5.74) is 0.796. The van der Waals surface area contributed by atoms with Gasteiger partial charge in [-0.1, -0.05) is 0 Å². The van der Waals surface area contributed by atoms with Gasteiger partial charge in [0.25, 0.3) is 0 Å². The number of likely N-dealkylation sites (N-methyl/N-ethyl adjacent to an activating group) is 1. The number of nitrogens with one attached hydrogen (secondary N) is 1. The molecule has 0 aliphatic carbocycles. The van der Waals surface area contributed by atoms with E-state index in [1.54, 1.807) is 24.9 Å². The topological polar surface area (TPSA) is 67.3 Å². The van der Waals surface area contributed by atoms with E-state index in [1.165, 1.54) is 0 Å². The molecule has 0 aliphatic rings. The molecular formula is C13H22N4O2. The van der Waals surface area contributed by atoms with Crippen LogP contribution in [0.3, 0.4) is 0 Å². The summed E-state index contributed by atoms with van der Waals surface area (Å²) in [5.74, 6) is 0.931.